The summed E-state index contributed by atoms with van der Waals surface area (Å²) in [5.74, 6) is 2.28. The van der Waals surface area contributed by atoms with Gasteiger partial charge in [0.25, 0.3) is 0 Å². The van der Waals surface area contributed by atoms with Gasteiger partial charge in [-0.1, -0.05) is 0 Å². The van der Waals surface area contributed by atoms with E-state index in [1.165, 1.54) is 0 Å². The number of nitrogens with two attached hydrogens (primary N) is 2. The van der Waals surface area contributed by atoms with E-state index in [4.69, 9.17) is 11.5 Å². The third-order valence-electron chi connectivity index (χ3n) is 4.04. The van der Waals surface area contributed by atoms with Gasteiger partial charge in [-0.3, -0.25) is 0 Å². The van der Waals surface area contributed by atoms with Crippen LogP contribution in [0, 0.1) is 13.8 Å². The fourth-order valence-corrected chi connectivity index (χ4v) is 2.90. The summed E-state index contributed by atoms with van der Waals surface area (Å²) in [6.07, 6.45) is 2.66. The number of nitrogen functional groups attached to an aromatic ring is 1. The Kier molecular flexibility index (Phi) is 4.38. The van der Waals surface area contributed by atoms with E-state index in [0.29, 0.717) is 18.4 Å². The number of nitrogens with zero attached hydrogens (tertiary/aromatic N) is 4. The molecule has 0 unspecified atom stereocenters. The van der Waals surface area contributed by atoms with Crippen LogP contribution < -0.4 is 16.8 Å². The molecule has 0 atom stereocenters. The molecule has 1 saturated carbocycles. The molecule has 2 aromatic rings. The fraction of sp³-hybridized carbons (Fsp3) is 0.500. The predicted molar refractivity (Wildman–Crippen MR) is 90.1 cm³/mol. The topological polar surface area (TPSA) is 116 Å². The molecule has 2 aromatic heterocycles. The van der Waals surface area contributed by atoms with Crippen LogP contribution >= 0.6 is 0 Å². The summed E-state index contributed by atoms with van der Waals surface area (Å²) in [6.45, 7) is 4.65. The Morgan fingerprint density at radius 2 is 1.78 bits per heavy atom. The van der Waals surface area contributed by atoms with Crippen molar-refractivity contribution in [1.29, 1.82) is 0 Å². The molecular formula is C16H23N7. The summed E-state index contributed by atoms with van der Waals surface area (Å²) < 4.78 is 0. The number of aryl methyl sites for hydroxylation is 2. The molecule has 0 spiro atoms. The second-order valence-corrected chi connectivity index (χ2v) is 6.21. The highest BCUT2D eigenvalue weighted by Gasteiger charge is 2.29. The van der Waals surface area contributed by atoms with E-state index in [-0.39, 0.29) is 6.04 Å². The molecule has 0 amide bonds. The maximum atomic E-state index is 5.85. The number of hydrogen-bond donors (Lipinski definition) is 3. The Morgan fingerprint density at radius 1 is 1.09 bits per heavy atom. The van der Waals surface area contributed by atoms with Crippen LogP contribution in [0.25, 0.3) is 0 Å². The maximum Gasteiger partial charge on any atom is 0.222 e. The highest BCUT2D eigenvalue weighted by Crippen LogP contribution is 2.35. The fourth-order valence-electron chi connectivity index (χ4n) is 2.90. The number of hydrogen-bond acceptors (Lipinski definition) is 7. The molecule has 0 aromatic carbocycles. The molecular weight excluding hydrogens is 290 g/mol. The average Bonchev–Trinajstić information content (AvgIpc) is 2.42. The molecule has 1 fully saturated rings. The summed E-state index contributed by atoms with van der Waals surface area (Å²) in [4.78, 5) is 17.4. The molecule has 7 heteroatoms. The first kappa shape index (κ1) is 15.6. The lowest BCUT2D eigenvalue weighted by Crippen LogP contribution is -2.35. The molecule has 1 aliphatic carbocycles. The second kappa shape index (κ2) is 6.45. The van der Waals surface area contributed by atoms with Crippen LogP contribution in [0.3, 0.4) is 0 Å². The third kappa shape index (κ3) is 3.92. The molecule has 7 nitrogen and oxygen atoms in total. The van der Waals surface area contributed by atoms with Crippen molar-refractivity contribution >= 4 is 11.8 Å². The van der Waals surface area contributed by atoms with Crippen molar-refractivity contribution in [3.05, 3.63) is 35.0 Å². The maximum absolute atomic E-state index is 5.85. The first-order valence-corrected chi connectivity index (χ1v) is 7.94. The predicted octanol–water partition coefficient (Wildman–Crippen LogP) is 1.32. The van der Waals surface area contributed by atoms with Crippen molar-refractivity contribution in [2.24, 2.45) is 5.73 Å². The second-order valence-electron chi connectivity index (χ2n) is 6.21. The lowest BCUT2D eigenvalue weighted by atomic mass is 9.78. The van der Waals surface area contributed by atoms with Crippen molar-refractivity contribution in [3.8, 4) is 0 Å². The van der Waals surface area contributed by atoms with Gasteiger partial charge in [0.1, 0.15) is 11.6 Å². The summed E-state index contributed by atoms with van der Waals surface area (Å²) in [7, 11) is 0. The van der Waals surface area contributed by atoms with Crippen LogP contribution in [0.15, 0.2) is 12.1 Å². The first-order valence-electron chi connectivity index (χ1n) is 7.94. The minimum Gasteiger partial charge on any atom is -0.369 e. The van der Waals surface area contributed by atoms with E-state index in [1.54, 1.807) is 0 Å². The minimum absolute atomic E-state index is 0.286. The Hall–Kier alpha value is -2.28. The highest BCUT2D eigenvalue weighted by atomic mass is 15.1. The molecule has 122 valence electrons. The Morgan fingerprint density at radius 3 is 2.43 bits per heavy atom. The molecule has 3 rings (SSSR count). The van der Waals surface area contributed by atoms with Gasteiger partial charge in [0.15, 0.2) is 0 Å². The van der Waals surface area contributed by atoms with Crippen molar-refractivity contribution < 1.29 is 0 Å². The van der Waals surface area contributed by atoms with E-state index in [1.807, 2.05) is 26.0 Å². The van der Waals surface area contributed by atoms with Gasteiger partial charge in [0.2, 0.25) is 5.95 Å². The van der Waals surface area contributed by atoms with Gasteiger partial charge in [-0.05, 0) is 32.8 Å². The lowest BCUT2D eigenvalue weighted by molar-refractivity contribution is 0.345. The van der Waals surface area contributed by atoms with Crippen LogP contribution in [0.4, 0.5) is 11.8 Å². The van der Waals surface area contributed by atoms with Crippen LogP contribution in [0.5, 0.6) is 0 Å². The van der Waals surface area contributed by atoms with Gasteiger partial charge < -0.3 is 16.8 Å². The zero-order chi connectivity index (χ0) is 16.4. The Labute approximate surface area is 136 Å². The smallest absolute Gasteiger partial charge is 0.222 e. The Balaban J connectivity index is 1.61. The van der Waals surface area contributed by atoms with Crippen molar-refractivity contribution in [1.82, 2.24) is 19.9 Å². The summed E-state index contributed by atoms with van der Waals surface area (Å²) in [5, 5.41) is 3.29. The van der Waals surface area contributed by atoms with Gasteiger partial charge in [-0.2, -0.15) is 4.98 Å². The summed E-state index contributed by atoms with van der Waals surface area (Å²) in [5.41, 5.74) is 14.6. The standard InChI is InChI=1S/C16H23N7/c1-9-5-10(2)21-14(20-9)3-4-19-15-8-13(22-16(18)23-15)11-6-12(17)7-11/h5,8,11-12H,3-4,6-7,17H2,1-2H3,(H3,18,19,22,23). The highest BCUT2D eigenvalue weighted by molar-refractivity contribution is 5.42. The zero-order valence-electron chi connectivity index (χ0n) is 13.6. The van der Waals surface area contributed by atoms with Gasteiger partial charge in [-0.15, -0.1) is 0 Å². The molecule has 1 aliphatic rings. The molecule has 0 bridgehead atoms. The van der Waals surface area contributed by atoms with Crippen molar-refractivity contribution in [2.45, 2.75) is 45.1 Å². The molecule has 23 heavy (non-hydrogen) atoms. The largest absolute Gasteiger partial charge is 0.369 e. The quantitative estimate of drug-likeness (QED) is 0.762. The van der Waals surface area contributed by atoms with Crippen LogP contribution in [0.1, 0.15) is 41.7 Å². The average molecular weight is 313 g/mol. The van der Waals surface area contributed by atoms with Gasteiger partial charge >= 0.3 is 0 Å². The van der Waals surface area contributed by atoms with E-state index < -0.39 is 0 Å². The first-order chi connectivity index (χ1) is 11.0. The number of nitrogens with one attached hydrogen (secondary N) is 1. The number of rotatable bonds is 5. The molecule has 0 radical (unpaired) electrons. The monoisotopic (exact) mass is 313 g/mol. The summed E-state index contributed by atoms with van der Waals surface area (Å²) in [6, 6.07) is 4.22. The van der Waals surface area contributed by atoms with E-state index in [2.05, 4.69) is 25.3 Å². The van der Waals surface area contributed by atoms with Gasteiger partial charge in [0.05, 0.1) is 5.69 Å². The lowest BCUT2D eigenvalue weighted by Gasteiger charge is -2.32. The van der Waals surface area contributed by atoms with E-state index >= 15 is 0 Å². The normalized spacial score (nSPS) is 20.1. The molecule has 0 aliphatic heterocycles. The summed E-state index contributed by atoms with van der Waals surface area (Å²) >= 11 is 0. The van der Waals surface area contributed by atoms with Crippen molar-refractivity contribution in [3.63, 3.8) is 0 Å². The third-order valence-corrected chi connectivity index (χ3v) is 4.04. The van der Waals surface area contributed by atoms with Crippen LogP contribution in [-0.4, -0.2) is 32.5 Å². The van der Waals surface area contributed by atoms with Gasteiger partial charge in [0, 0.05) is 42.4 Å². The molecule has 2 heterocycles. The SMILES string of the molecule is Cc1cc(C)nc(CCNc2cc(C3CC(N)C3)nc(N)n2)n1. The van der Waals surface area contributed by atoms with Crippen LogP contribution in [-0.2, 0) is 6.42 Å². The minimum atomic E-state index is 0.286. The Bertz CT molecular complexity index is 675. The van der Waals surface area contributed by atoms with Crippen molar-refractivity contribution in [2.75, 3.05) is 17.6 Å². The zero-order valence-corrected chi connectivity index (χ0v) is 13.6. The molecule has 5 N–H and O–H groups in total. The number of anilines is 2. The van der Waals surface area contributed by atoms with E-state index in [0.717, 1.165) is 48.0 Å². The number of aromatic nitrogens is 4. The molecule has 0 saturated heterocycles. The van der Waals surface area contributed by atoms with Crippen LogP contribution in [0.2, 0.25) is 0 Å². The van der Waals surface area contributed by atoms with Gasteiger partial charge in [-0.25, -0.2) is 15.0 Å². The van der Waals surface area contributed by atoms with E-state index in [9.17, 15) is 0 Å².